The van der Waals surface area contributed by atoms with Crippen LogP contribution in [-0.2, 0) is 5.41 Å². The highest BCUT2D eigenvalue weighted by Crippen LogP contribution is 2.63. The van der Waals surface area contributed by atoms with Crippen LogP contribution in [0.15, 0.2) is 121 Å². The average molecular weight is 757 g/mol. The van der Waals surface area contributed by atoms with Crippen molar-refractivity contribution in [2.24, 2.45) is 0 Å². The van der Waals surface area contributed by atoms with Crippen LogP contribution in [0.5, 0.6) is 0 Å². The number of fused-ring (bicyclic) bond motifs is 11. The number of rotatable bonds is 3. The van der Waals surface area contributed by atoms with Gasteiger partial charge in [-0.2, -0.15) is 0 Å². The molecule has 9 rings (SSSR count). The van der Waals surface area contributed by atoms with Crippen molar-refractivity contribution in [2.45, 2.75) is 38.9 Å². The number of hydrogen-bond donors (Lipinski definition) is 0. The van der Waals surface area contributed by atoms with E-state index in [9.17, 15) is 0 Å². The van der Waals surface area contributed by atoms with Crippen molar-refractivity contribution in [3.8, 4) is 11.1 Å². The zero-order chi connectivity index (χ0) is 32.4. The Kier molecular flexibility index (Phi) is 6.26. The van der Waals surface area contributed by atoms with Gasteiger partial charge in [0.15, 0.2) is 0 Å². The van der Waals surface area contributed by atoms with Crippen LogP contribution in [0.25, 0.3) is 55.0 Å². The first-order valence-corrected chi connectivity index (χ1v) is 21.1. The lowest BCUT2D eigenvalue weighted by atomic mass is 9.66. The summed E-state index contributed by atoms with van der Waals surface area (Å²) in [7, 11) is -1.54. The first kappa shape index (κ1) is 29.3. The molecule has 0 spiro atoms. The van der Waals surface area contributed by atoms with Crippen molar-refractivity contribution in [3.63, 3.8) is 0 Å². The number of aryl methyl sites for hydroxylation is 2. The van der Waals surface area contributed by atoms with Crippen LogP contribution < -0.4 is 5.19 Å². The largest absolute Gasteiger partial charge is 0.455 e. The van der Waals surface area contributed by atoms with Crippen molar-refractivity contribution in [3.05, 3.63) is 145 Å². The Morgan fingerprint density at radius 3 is 1.85 bits per heavy atom. The molecule has 8 aromatic rings. The van der Waals surface area contributed by atoms with Crippen LogP contribution in [0.3, 0.4) is 0 Å². The number of halogens is 2. The third kappa shape index (κ3) is 3.94. The highest BCUT2D eigenvalue weighted by Gasteiger charge is 2.50. The Morgan fingerprint density at radius 2 is 1.17 bits per heavy atom. The van der Waals surface area contributed by atoms with Gasteiger partial charge in [0, 0.05) is 37.1 Å². The van der Waals surface area contributed by atoms with Gasteiger partial charge in [0.05, 0.1) is 18.0 Å². The van der Waals surface area contributed by atoms with E-state index in [1.54, 1.807) is 0 Å². The van der Waals surface area contributed by atoms with Crippen molar-refractivity contribution in [1.82, 2.24) is 0 Å². The molecule has 1 atom stereocenters. The molecule has 47 heavy (non-hydrogen) atoms. The maximum absolute atomic E-state index is 6.92. The molecule has 2 nitrogen and oxygen atoms in total. The van der Waals surface area contributed by atoms with Crippen LogP contribution in [0.2, 0.25) is 19.6 Å². The zero-order valence-corrected chi connectivity index (χ0v) is 31.1. The van der Waals surface area contributed by atoms with Crippen molar-refractivity contribution >= 4 is 89.0 Å². The van der Waals surface area contributed by atoms with E-state index in [1.165, 1.54) is 44.1 Å². The molecule has 0 saturated carbocycles. The van der Waals surface area contributed by atoms with Gasteiger partial charge in [0.2, 0.25) is 0 Å². The molecule has 0 bridgehead atoms. The van der Waals surface area contributed by atoms with Gasteiger partial charge in [-0.1, -0.05) is 125 Å². The Morgan fingerprint density at radius 1 is 0.574 bits per heavy atom. The summed E-state index contributed by atoms with van der Waals surface area (Å²) in [5.74, 6) is 0. The molecular formula is C42H32Br2O2Si. The van der Waals surface area contributed by atoms with Crippen LogP contribution >= 0.6 is 31.9 Å². The summed E-state index contributed by atoms with van der Waals surface area (Å²) < 4.78 is 15.5. The molecule has 0 saturated heterocycles. The van der Waals surface area contributed by atoms with Crippen LogP contribution in [0.4, 0.5) is 0 Å². The van der Waals surface area contributed by atoms with Crippen molar-refractivity contribution in [2.75, 3.05) is 0 Å². The number of hydrogen-bond acceptors (Lipinski definition) is 2. The predicted molar refractivity (Wildman–Crippen MR) is 206 cm³/mol. The lowest BCUT2D eigenvalue weighted by Crippen LogP contribution is -2.38. The number of furan rings is 2. The van der Waals surface area contributed by atoms with E-state index in [-0.39, 0.29) is 0 Å². The minimum absolute atomic E-state index is 0.622. The molecule has 0 aliphatic heterocycles. The van der Waals surface area contributed by atoms with Gasteiger partial charge in [-0.25, -0.2) is 0 Å². The fourth-order valence-corrected chi connectivity index (χ4v) is 10.4. The molecular weight excluding hydrogens is 724 g/mol. The lowest BCUT2D eigenvalue weighted by molar-refractivity contribution is 0.666. The second-order valence-corrected chi connectivity index (χ2v) is 20.8. The smallest absolute Gasteiger partial charge is 0.150 e. The predicted octanol–water partition coefficient (Wildman–Crippen LogP) is 12.5. The summed E-state index contributed by atoms with van der Waals surface area (Å²) in [6, 6.07) is 37.9. The van der Waals surface area contributed by atoms with E-state index >= 15 is 0 Å². The van der Waals surface area contributed by atoms with Crippen LogP contribution in [-0.4, -0.2) is 8.07 Å². The van der Waals surface area contributed by atoms with Crippen molar-refractivity contribution < 1.29 is 8.83 Å². The minimum atomic E-state index is -1.54. The third-order valence-electron chi connectivity index (χ3n) is 10.2. The van der Waals surface area contributed by atoms with E-state index in [0.717, 1.165) is 58.4 Å². The number of para-hydroxylation sites is 2. The third-order valence-corrected chi connectivity index (χ3v) is 13.5. The van der Waals surface area contributed by atoms with E-state index in [2.05, 4.69) is 156 Å². The van der Waals surface area contributed by atoms with Gasteiger partial charge in [-0.15, -0.1) is 0 Å². The van der Waals surface area contributed by atoms with Gasteiger partial charge in [0.1, 0.15) is 22.3 Å². The lowest BCUT2D eigenvalue weighted by Gasteiger charge is -2.36. The van der Waals surface area contributed by atoms with E-state index in [4.69, 9.17) is 8.83 Å². The summed E-state index contributed by atoms with van der Waals surface area (Å²) in [4.78, 5) is 0. The zero-order valence-electron chi connectivity index (χ0n) is 26.9. The maximum Gasteiger partial charge on any atom is 0.150 e. The van der Waals surface area contributed by atoms with Gasteiger partial charge >= 0.3 is 0 Å². The summed E-state index contributed by atoms with van der Waals surface area (Å²) in [5, 5.41) is 5.86. The molecule has 0 fully saturated rings. The fraction of sp³-hybridized carbons (Fsp3) is 0.143. The molecule has 2 heterocycles. The quantitative estimate of drug-likeness (QED) is 0.168. The van der Waals surface area contributed by atoms with E-state index < -0.39 is 13.5 Å². The second kappa shape index (κ2) is 10.1. The molecule has 2 aromatic heterocycles. The molecule has 1 unspecified atom stereocenters. The highest BCUT2D eigenvalue weighted by molar-refractivity contribution is 9.11. The summed E-state index contributed by atoms with van der Waals surface area (Å²) in [6.45, 7) is 11.7. The standard InChI is InChI=1S/C42H32Br2O2Si/c1-23-14-15-24(2)29(20-23)42(25-16-18-26(19-17-25)47(3,4)5)30-22-33(44)40-37(28-11-7-9-13-35(28)45-40)38(30)39-31(42)21-32(43)36-27-10-6-8-12-34(27)46-41(36)39/h6-22H,1-5H3. The normalized spacial score (nSPS) is 16.1. The van der Waals surface area contributed by atoms with Crippen molar-refractivity contribution in [1.29, 1.82) is 0 Å². The van der Waals surface area contributed by atoms with E-state index in [0.29, 0.717) is 0 Å². The molecule has 6 aromatic carbocycles. The first-order chi connectivity index (χ1) is 22.6. The molecule has 1 aliphatic rings. The van der Waals surface area contributed by atoms with Gasteiger partial charge in [-0.05, 0) is 81.9 Å². The average Bonchev–Trinajstić information content (AvgIpc) is 3.71. The second-order valence-electron chi connectivity index (χ2n) is 14.1. The Bertz CT molecular complexity index is 2600. The van der Waals surface area contributed by atoms with Gasteiger partial charge in [-0.3, -0.25) is 0 Å². The monoisotopic (exact) mass is 754 g/mol. The van der Waals surface area contributed by atoms with Gasteiger partial charge in [0.25, 0.3) is 0 Å². The molecule has 1 aliphatic carbocycles. The molecule has 0 N–H and O–H groups in total. The van der Waals surface area contributed by atoms with Gasteiger partial charge < -0.3 is 8.83 Å². The molecule has 5 heteroatoms. The Balaban J connectivity index is 1.57. The van der Waals surface area contributed by atoms with Crippen LogP contribution in [0.1, 0.15) is 33.4 Å². The van der Waals surface area contributed by atoms with Crippen LogP contribution in [0, 0.1) is 13.8 Å². The Labute approximate surface area is 291 Å². The topological polar surface area (TPSA) is 26.3 Å². The summed E-state index contributed by atoms with van der Waals surface area (Å²) in [5.41, 5.74) is 12.6. The fourth-order valence-electron chi connectivity index (χ4n) is 8.07. The molecule has 230 valence electrons. The summed E-state index contributed by atoms with van der Waals surface area (Å²) >= 11 is 8.09. The number of benzene rings is 6. The molecule has 0 amide bonds. The first-order valence-electron chi connectivity index (χ1n) is 16.1. The molecule has 0 radical (unpaired) electrons. The Hall–Kier alpha value is -3.90. The SMILES string of the molecule is Cc1ccc(C)c(C2(c3ccc([Si](C)(C)C)cc3)c3cc(Br)c4c(oc5ccccc54)c3-c3c2cc(Br)c2oc4ccccc4c32)c1. The minimum Gasteiger partial charge on any atom is -0.455 e. The highest BCUT2D eigenvalue weighted by atomic mass is 79.9. The summed E-state index contributed by atoms with van der Waals surface area (Å²) in [6.07, 6.45) is 0. The maximum atomic E-state index is 6.92. The van der Waals surface area contributed by atoms with E-state index in [1.807, 2.05) is 12.1 Å².